The van der Waals surface area contributed by atoms with Crippen molar-refractivity contribution in [1.82, 2.24) is 0 Å². The molecule has 0 saturated heterocycles. The van der Waals surface area contributed by atoms with Gasteiger partial charge in [-0.1, -0.05) is 50.2 Å². The molecular weight excluding hydrogens is 244 g/mol. The minimum absolute atomic E-state index is 0.321. The van der Waals surface area contributed by atoms with E-state index in [-0.39, 0.29) is 6.04 Å². The van der Waals surface area contributed by atoms with Crippen LogP contribution in [0.5, 0.6) is 0 Å². The Hall–Kier alpha value is -2.27. The van der Waals surface area contributed by atoms with Gasteiger partial charge in [0.05, 0.1) is 6.07 Å². The second-order valence-corrected chi connectivity index (χ2v) is 5.40. The second-order valence-electron chi connectivity index (χ2n) is 5.40. The molecule has 1 N–H and O–H groups in total. The van der Waals surface area contributed by atoms with Gasteiger partial charge >= 0.3 is 0 Å². The highest BCUT2D eigenvalue weighted by molar-refractivity contribution is 5.49. The van der Waals surface area contributed by atoms with Crippen LogP contribution in [0.1, 0.15) is 42.5 Å². The predicted molar refractivity (Wildman–Crippen MR) is 83.7 cm³/mol. The van der Waals surface area contributed by atoms with Gasteiger partial charge in [0.15, 0.2) is 0 Å². The van der Waals surface area contributed by atoms with Crippen LogP contribution in [-0.4, -0.2) is 0 Å². The Labute approximate surface area is 121 Å². The summed E-state index contributed by atoms with van der Waals surface area (Å²) in [7, 11) is 0. The average molecular weight is 264 g/mol. The van der Waals surface area contributed by atoms with Gasteiger partial charge in [0.2, 0.25) is 0 Å². The van der Waals surface area contributed by atoms with Crippen LogP contribution >= 0.6 is 0 Å². The number of hydrogen-bond acceptors (Lipinski definition) is 2. The third-order valence-electron chi connectivity index (χ3n) is 3.39. The first kappa shape index (κ1) is 14.1. The maximum Gasteiger partial charge on any atom is 0.140 e. The van der Waals surface area contributed by atoms with E-state index in [9.17, 15) is 5.26 Å². The van der Waals surface area contributed by atoms with Gasteiger partial charge in [-0.2, -0.15) is 5.26 Å². The summed E-state index contributed by atoms with van der Waals surface area (Å²) >= 11 is 0. The van der Waals surface area contributed by atoms with E-state index < -0.39 is 0 Å². The monoisotopic (exact) mass is 264 g/mol. The lowest BCUT2D eigenvalue weighted by Gasteiger charge is -2.15. The summed E-state index contributed by atoms with van der Waals surface area (Å²) in [5, 5.41) is 12.6. The summed E-state index contributed by atoms with van der Waals surface area (Å²) in [6.45, 7) is 6.38. The highest BCUT2D eigenvalue weighted by atomic mass is 14.9. The Kier molecular flexibility index (Phi) is 4.42. The van der Waals surface area contributed by atoms with Crippen LogP contribution in [0.2, 0.25) is 0 Å². The molecule has 0 saturated carbocycles. The maximum absolute atomic E-state index is 9.38. The fourth-order valence-corrected chi connectivity index (χ4v) is 2.17. The molecule has 0 aliphatic carbocycles. The molecule has 2 nitrogen and oxygen atoms in total. The highest BCUT2D eigenvalue weighted by Crippen LogP contribution is 2.22. The third-order valence-corrected chi connectivity index (χ3v) is 3.39. The number of anilines is 1. The highest BCUT2D eigenvalue weighted by Gasteiger charge is 2.10. The quantitative estimate of drug-likeness (QED) is 0.861. The summed E-state index contributed by atoms with van der Waals surface area (Å²) in [4.78, 5) is 0. The molecule has 0 heterocycles. The van der Waals surface area contributed by atoms with Crippen LogP contribution in [-0.2, 0) is 0 Å². The summed E-state index contributed by atoms with van der Waals surface area (Å²) in [5.74, 6) is 0.509. The fourth-order valence-electron chi connectivity index (χ4n) is 2.17. The Bertz CT molecular complexity index is 606. The molecule has 2 aromatic rings. The number of nitrogens with one attached hydrogen (secondary N) is 1. The summed E-state index contributed by atoms with van der Waals surface area (Å²) in [6, 6.07) is 18.3. The lowest BCUT2D eigenvalue weighted by atomic mass is 9.99. The number of rotatable bonds is 4. The largest absolute Gasteiger partial charge is 0.366 e. The van der Waals surface area contributed by atoms with Crippen molar-refractivity contribution in [1.29, 1.82) is 5.26 Å². The van der Waals surface area contributed by atoms with Crippen molar-refractivity contribution in [2.45, 2.75) is 32.7 Å². The SMILES string of the molecule is Cc1cccc(NC(C#N)c2ccc(C(C)C)cc2)c1. The third kappa shape index (κ3) is 3.39. The molecule has 1 unspecified atom stereocenters. The minimum atomic E-state index is -0.321. The number of benzene rings is 2. The van der Waals surface area contributed by atoms with E-state index in [2.05, 4.69) is 37.4 Å². The van der Waals surface area contributed by atoms with Gasteiger partial charge in [0, 0.05) is 5.69 Å². The smallest absolute Gasteiger partial charge is 0.140 e. The van der Waals surface area contributed by atoms with Crippen molar-refractivity contribution in [2.24, 2.45) is 0 Å². The van der Waals surface area contributed by atoms with Gasteiger partial charge in [-0.3, -0.25) is 0 Å². The Balaban J connectivity index is 2.18. The number of aryl methyl sites for hydroxylation is 1. The lowest BCUT2D eigenvalue weighted by Crippen LogP contribution is -2.08. The van der Waals surface area contributed by atoms with Crippen LogP contribution in [0.4, 0.5) is 5.69 Å². The van der Waals surface area contributed by atoms with Crippen LogP contribution in [0, 0.1) is 18.3 Å². The molecule has 0 aliphatic rings. The maximum atomic E-state index is 9.38. The van der Waals surface area contributed by atoms with Crippen molar-refractivity contribution in [3.8, 4) is 6.07 Å². The van der Waals surface area contributed by atoms with Crippen LogP contribution in [0.3, 0.4) is 0 Å². The molecule has 102 valence electrons. The predicted octanol–water partition coefficient (Wildman–Crippen LogP) is 4.80. The molecule has 0 spiro atoms. The van der Waals surface area contributed by atoms with Gasteiger partial charge in [-0.15, -0.1) is 0 Å². The number of nitriles is 1. The van der Waals surface area contributed by atoms with Gasteiger partial charge in [0.1, 0.15) is 6.04 Å². The molecule has 2 aromatic carbocycles. The fraction of sp³-hybridized carbons (Fsp3) is 0.278. The van der Waals surface area contributed by atoms with Crippen LogP contribution < -0.4 is 5.32 Å². The van der Waals surface area contributed by atoms with Crippen molar-refractivity contribution in [2.75, 3.05) is 5.32 Å². The van der Waals surface area contributed by atoms with Gasteiger partial charge in [-0.05, 0) is 41.7 Å². The first-order valence-corrected chi connectivity index (χ1v) is 6.93. The Morgan fingerprint density at radius 2 is 1.65 bits per heavy atom. The van der Waals surface area contributed by atoms with E-state index in [0.29, 0.717) is 5.92 Å². The van der Waals surface area contributed by atoms with Crippen LogP contribution in [0.25, 0.3) is 0 Å². The van der Waals surface area contributed by atoms with E-state index in [0.717, 1.165) is 11.3 Å². The summed E-state index contributed by atoms with van der Waals surface area (Å²) in [5.41, 5.74) is 4.45. The first-order valence-electron chi connectivity index (χ1n) is 6.93. The van der Waals surface area contributed by atoms with E-state index >= 15 is 0 Å². The number of hydrogen-bond donors (Lipinski definition) is 1. The van der Waals surface area contributed by atoms with Crippen molar-refractivity contribution < 1.29 is 0 Å². The summed E-state index contributed by atoms with van der Waals surface area (Å²) < 4.78 is 0. The zero-order chi connectivity index (χ0) is 14.5. The zero-order valence-corrected chi connectivity index (χ0v) is 12.2. The second kappa shape index (κ2) is 6.25. The van der Waals surface area contributed by atoms with E-state index in [4.69, 9.17) is 0 Å². The minimum Gasteiger partial charge on any atom is -0.366 e. The molecule has 20 heavy (non-hydrogen) atoms. The molecular formula is C18H20N2. The summed E-state index contributed by atoms with van der Waals surface area (Å²) in [6.07, 6.45) is 0. The van der Waals surface area contributed by atoms with Gasteiger partial charge in [-0.25, -0.2) is 0 Å². The van der Waals surface area contributed by atoms with Gasteiger partial charge < -0.3 is 5.32 Å². The Morgan fingerprint density at radius 3 is 2.20 bits per heavy atom. The first-order chi connectivity index (χ1) is 9.60. The normalized spacial score (nSPS) is 11.9. The van der Waals surface area contributed by atoms with Crippen LogP contribution in [0.15, 0.2) is 48.5 Å². The van der Waals surface area contributed by atoms with E-state index in [1.165, 1.54) is 11.1 Å². The van der Waals surface area contributed by atoms with E-state index in [1.807, 2.05) is 43.3 Å². The number of nitrogens with zero attached hydrogens (tertiary/aromatic N) is 1. The molecule has 0 aliphatic heterocycles. The molecule has 0 amide bonds. The molecule has 0 bridgehead atoms. The zero-order valence-electron chi connectivity index (χ0n) is 12.2. The van der Waals surface area contributed by atoms with Crippen molar-refractivity contribution in [3.05, 3.63) is 65.2 Å². The van der Waals surface area contributed by atoms with Gasteiger partial charge in [0.25, 0.3) is 0 Å². The van der Waals surface area contributed by atoms with E-state index in [1.54, 1.807) is 0 Å². The Morgan fingerprint density at radius 1 is 1.00 bits per heavy atom. The molecule has 0 radical (unpaired) electrons. The molecule has 2 heteroatoms. The standard InChI is InChI=1S/C18H20N2/c1-13(2)15-7-9-16(10-8-15)18(12-19)20-17-6-4-5-14(3)11-17/h4-11,13,18,20H,1-3H3. The molecule has 0 aromatic heterocycles. The average Bonchev–Trinajstić information content (AvgIpc) is 2.45. The molecule has 2 rings (SSSR count). The topological polar surface area (TPSA) is 35.8 Å². The molecule has 0 fully saturated rings. The van der Waals surface area contributed by atoms with Crippen molar-refractivity contribution >= 4 is 5.69 Å². The lowest BCUT2D eigenvalue weighted by molar-refractivity contribution is 0.863. The molecule has 1 atom stereocenters. The van der Waals surface area contributed by atoms with Crippen molar-refractivity contribution in [3.63, 3.8) is 0 Å².